The number of nitrogens with zero attached hydrogens (tertiary/aromatic N) is 3. The van der Waals surface area contributed by atoms with Crippen LogP contribution in [0.3, 0.4) is 0 Å². The number of hydrogen-bond acceptors (Lipinski definition) is 5. The van der Waals surface area contributed by atoms with Crippen molar-refractivity contribution >= 4 is 17.8 Å². The van der Waals surface area contributed by atoms with E-state index in [-0.39, 0.29) is 18.3 Å². The van der Waals surface area contributed by atoms with Crippen molar-refractivity contribution in [1.29, 1.82) is 0 Å². The van der Waals surface area contributed by atoms with Gasteiger partial charge in [-0.1, -0.05) is 54.6 Å². The number of hydrogen-bond donors (Lipinski definition) is 3. The molecule has 1 aromatic heterocycles. The van der Waals surface area contributed by atoms with Crippen LogP contribution in [0.1, 0.15) is 23.1 Å². The highest BCUT2D eigenvalue weighted by molar-refractivity contribution is 5.92. The molecule has 41 heavy (non-hydrogen) atoms. The van der Waals surface area contributed by atoms with Gasteiger partial charge in [-0.3, -0.25) is 14.3 Å². The third-order valence-corrected chi connectivity index (χ3v) is 5.97. The number of aromatic nitrogens is 2. The molecule has 0 saturated heterocycles. The molecule has 10 nitrogen and oxygen atoms in total. The number of benzene rings is 3. The summed E-state index contributed by atoms with van der Waals surface area (Å²) in [6.45, 7) is 0.536. The lowest BCUT2D eigenvalue weighted by Gasteiger charge is -2.08. The molecular weight excluding hydrogens is 520 g/mol. The molecule has 2 amide bonds. The van der Waals surface area contributed by atoms with Crippen molar-refractivity contribution < 1.29 is 19.1 Å². The number of nitrogens with one attached hydrogen (secondary N) is 1. The molecule has 1 heterocycles. The molecule has 0 unspecified atom stereocenters. The second-order valence-corrected chi connectivity index (χ2v) is 9.13. The van der Waals surface area contributed by atoms with E-state index in [1.165, 1.54) is 12.7 Å². The van der Waals surface area contributed by atoms with Gasteiger partial charge in [0.15, 0.2) is 17.5 Å². The van der Waals surface area contributed by atoms with Crippen LogP contribution in [0.5, 0.6) is 11.5 Å². The lowest BCUT2D eigenvalue weighted by Crippen LogP contribution is -2.24. The van der Waals surface area contributed by atoms with Crippen molar-refractivity contribution in [2.24, 2.45) is 23.5 Å². The monoisotopic (exact) mass is 556 g/mol. The van der Waals surface area contributed by atoms with Crippen LogP contribution < -0.4 is 26.3 Å². The molecule has 10 heteroatoms. The Morgan fingerprint density at radius 1 is 0.878 bits per heavy atom. The van der Waals surface area contributed by atoms with Crippen molar-refractivity contribution in [1.82, 2.24) is 15.1 Å². The minimum atomic E-state index is -0.405. The molecule has 0 atom stereocenters. The van der Waals surface area contributed by atoms with E-state index >= 15 is 0 Å². The van der Waals surface area contributed by atoms with Crippen LogP contribution in [0.2, 0.25) is 0 Å². The first-order valence-electron chi connectivity index (χ1n) is 13.0. The molecule has 214 valence electrons. The first-order valence-corrected chi connectivity index (χ1v) is 13.0. The number of ether oxygens (including phenoxy) is 2. The second-order valence-electron chi connectivity index (χ2n) is 9.13. The van der Waals surface area contributed by atoms with E-state index in [9.17, 15) is 9.59 Å². The molecule has 0 saturated carbocycles. The van der Waals surface area contributed by atoms with Gasteiger partial charge in [-0.2, -0.15) is 10.1 Å². The summed E-state index contributed by atoms with van der Waals surface area (Å²) < 4.78 is 12.0. The Balaban J connectivity index is 0.000000241. The smallest absolute Gasteiger partial charge is 0.253 e. The third-order valence-electron chi connectivity index (χ3n) is 5.97. The Labute approximate surface area is 240 Å². The van der Waals surface area contributed by atoms with Crippen LogP contribution in [0.4, 0.5) is 0 Å². The molecule has 0 bridgehead atoms. The Morgan fingerprint density at radius 2 is 1.61 bits per heavy atom. The molecule has 0 spiro atoms. The van der Waals surface area contributed by atoms with Crippen molar-refractivity contribution in [3.8, 4) is 22.8 Å². The van der Waals surface area contributed by atoms with Crippen LogP contribution in [0.25, 0.3) is 11.3 Å². The van der Waals surface area contributed by atoms with Gasteiger partial charge in [-0.15, -0.1) is 0 Å². The number of carbonyl (C=O) groups excluding carboxylic acids is 2. The molecule has 5 N–H and O–H groups in total. The predicted octanol–water partition coefficient (Wildman–Crippen LogP) is 3.38. The summed E-state index contributed by atoms with van der Waals surface area (Å²) in [4.78, 5) is 26.8. The first kappa shape index (κ1) is 30.4. The standard InChI is InChI=1S/C20H21N3O.C11H15N3O3/c1-23-13-12-19(22-23)18-9-5-8-17(14-18)15-21-20(24)11-10-16-6-3-2-4-7-16;1-16-8-4-3-7(5-9(8)17-2)6-10(15)14-11(12)13/h2-9,12-14H,10-11,15H2,1H3,(H,21,24);3-5H,6H2,1-2H3,(H4,12,13,14,15). The van der Waals surface area contributed by atoms with Crippen LogP contribution >= 0.6 is 0 Å². The molecule has 0 aliphatic carbocycles. The third kappa shape index (κ3) is 10.2. The lowest BCUT2D eigenvalue weighted by molar-refractivity contribution is -0.121. The molecule has 4 aromatic rings. The van der Waals surface area contributed by atoms with E-state index in [4.69, 9.17) is 20.9 Å². The zero-order valence-corrected chi connectivity index (χ0v) is 23.5. The number of aliphatic imine (C=N–C) groups is 1. The number of aryl methyl sites for hydroxylation is 2. The number of methoxy groups -OCH3 is 2. The van der Waals surface area contributed by atoms with Crippen LogP contribution in [0.15, 0.2) is 90.1 Å². The summed E-state index contributed by atoms with van der Waals surface area (Å²) in [6, 6.07) is 25.3. The number of rotatable bonds is 10. The quantitative estimate of drug-likeness (QED) is 0.200. The van der Waals surface area contributed by atoms with Crippen molar-refractivity contribution in [2.45, 2.75) is 25.8 Å². The maximum atomic E-state index is 12.0. The van der Waals surface area contributed by atoms with E-state index in [0.717, 1.165) is 28.8 Å². The summed E-state index contributed by atoms with van der Waals surface area (Å²) in [6.07, 6.45) is 3.30. The highest BCUT2D eigenvalue weighted by Crippen LogP contribution is 2.27. The minimum absolute atomic E-state index is 0.0714. The molecular formula is C31H36N6O4. The zero-order valence-electron chi connectivity index (χ0n) is 23.5. The summed E-state index contributed by atoms with van der Waals surface area (Å²) in [5.41, 5.74) is 15.2. The molecule has 0 aliphatic heterocycles. The van der Waals surface area contributed by atoms with E-state index in [2.05, 4.69) is 21.5 Å². The Kier molecular flexibility index (Phi) is 11.5. The molecule has 3 aromatic carbocycles. The van der Waals surface area contributed by atoms with Gasteiger partial charge in [-0.05, 0) is 47.4 Å². The minimum Gasteiger partial charge on any atom is -0.493 e. The zero-order chi connectivity index (χ0) is 29.6. The van der Waals surface area contributed by atoms with Crippen LogP contribution in [-0.4, -0.2) is 41.8 Å². The summed E-state index contributed by atoms with van der Waals surface area (Å²) in [5, 5.41) is 7.40. The molecule has 0 fully saturated rings. The number of nitrogens with two attached hydrogens (primary N) is 2. The van der Waals surface area contributed by atoms with Gasteiger partial charge in [-0.25, -0.2) is 0 Å². The Hall–Kier alpha value is -5.12. The maximum Gasteiger partial charge on any atom is 0.253 e. The SMILES string of the molecule is COc1ccc(CC(=O)N=C(N)N)cc1OC.Cn1ccc(-c2cccc(CNC(=O)CCc3ccccc3)c2)n1. The predicted molar refractivity (Wildman–Crippen MR) is 159 cm³/mol. The highest BCUT2D eigenvalue weighted by Gasteiger charge is 2.08. The first-order chi connectivity index (χ1) is 19.8. The summed E-state index contributed by atoms with van der Waals surface area (Å²) in [7, 11) is 4.97. The van der Waals surface area contributed by atoms with E-state index < -0.39 is 5.91 Å². The van der Waals surface area contributed by atoms with Gasteiger partial charge < -0.3 is 26.3 Å². The fourth-order valence-electron chi connectivity index (χ4n) is 3.95. The fraction of sp³-hybridized carbons (Fsp3) is 0.226. The average Bonchev–Trinajstić information content (AvgIpc) is 3.41. The number of guanidine groups is 1. The van der Waals surface area contributed by atoms with E-state index in [0.29, 0.717) is 24.5 Å². The number of amides is 2. The summed E-state index contributed by atoms with van der Waals surface area (Å²) >= 11 is 0. The fourth-order valence-corrected chi connectivity index (χ4v) is 3.95. The van der Waals surface area contributed by atoms with Gasteiger partial charge in [0.25, 0.3) is 5.91 Å². The van der Waals surface area contributed by atoms with Gasteiger partial charge >= 0.3 is 0 Å². The maximum absolute atomic E-state index is 12.0. The van der Waals surface area contributed by atoms with Crippen molar-refractivity contribution in [3.63, 3.8) is 0 Å². The van der Waals surface area contributed by atoms with Crippen LogP contribution in [-0.2, 0) is 36.0 Å². The van der Waals surface area contributed by atoms with E-state index in [1.54, 1.807) is 30.0 Å². The molecule has 0 radical (unpaired) electrons. The topological polar surface area (TPSA) is 147 Å². The van der Waals surface area contributed by atoms with Gasteiger partial charge in [0.1, 0.15) is 0 Å². The Bertz CT molecular complexity index is 1460. The summed E-state index contributed by atoms with van der Waals surface area (Å²) in [5.74, 6) is 0.586. The highest BCUT2D eigenvalue weighted by atomic mass is 16.5. The largest absolute Gasteiger partial charge is 0.493 e. The average molecular weight is 557 g/mol. The molecule has 0 aliphatic rings. The second kappa shape index (κ2) is 15.5. The van der Waals surface area contributed by atoms with Gasteiger partial charge in [0, 0.05) is 31.8 Å². The van der Waals surface area contributed by atoms with E-state index in [1.807, 2.05) is 67.8 Å². The normalized spacial score (nSPS) is 10.1. The van der Waals surface area contributed by atoms with Gasteiger partial charge in [0.05, 0.1) is 26.3 Å². The van der Waals surface area contributed by atoms with Gasteiger partial charge in [0.2, 0.25) is 5.91 Å². The van der Waals surface area contributed by atoms with Crippen molar-refractivity contribution in [3.05, 3.63) is 102 Å². The Morgan fingerprint density at radius 3 is 2.27 bits per heavy atom. The number of carbonyl (C=O) groups is 2. The van der Waals surface area contributed by atoms with Crippen molar-refractivity contribution in [2.75, 3.05) is 14.2 Å². The molecule has 4 rings (SSSR count). The lowest BCUT2D eigenvalue weighted by atomic mass is 10.1. The van der Waals surface area contributed by atoms with Crippen LogP contribution in [0, 0.1) is 0 Å².